The third-order valence-corrected chi connectivity index (χ3v) is 2.81. The molecule has 0 aliphatic carbocycles. The molecule has 86 valence electrons. The van der Waals surface area contributed by atoms with Crippen LogP contribution in [0.1, 0.15) is 18.3 Å². The van der Waals surface area contributed by atoms with Gasteiger partial charge in [-0.1, -0.05) is 30.3 Å². The first-order valence-corrected chi connectivity index (χ1v) is 5.31. The first-order valence-electron chi connectivity index (χ1n) is 5.81. The standard InChI is InChI=1S/C13H12N3.W/c1-9-11-7-14-8-12(11)16-13(15-9)10-5-3-2-4-6-10;/h2-6H,7-8H2,1H3;/q-1;/i2D;. The van der Waals surface area contributed by atoms with Crippen LogP contribution < -0.4 is 0 Å². The van der Waals surface area contributed by atoms with Crippen LogP contribution in [-0.4, -0.2) is 9.97 Å². The molecule has 1 aromatic carbocycles. The molecule has 0 N–H and O–H groups in total. The Morgan fingerprint density at radius 1 is 1.24 bits per heavy atom. The minimum atomic E-state index is 0. The Bertz CT molecular complexity index is 569. The summed E-state index contributed by atoms with van der Waals surface area (Å²) in [6, 6.07) is 7.78. The van der Waals surface area contributed by atoms with Gasteiger partial charge in [0, 0.05) is 38.0 Å². The molecule has 0 atom stereocenters. The van der Waals surface area contributed by atoms with Gasteiger partial charge in [-0.25, -0.2) is 9.97 Å². The van der Waals surface area contributed by atoms with E-state index in [0.717, 1.165) is 29.3 Å². The van der Waals surface area contributed by atoms with Crippen molar-refractivity contribution >= 4 is 0 Å². The first kappa shape index (κ1) is 11.1. The summed E-state index contributed by atoms with van der Waals surface area (Å²) in [6.07, 6.45) is 0. The van der Waals surface area contributed by atoms with Gasteiger partial charge < -0.3 is 5.32 Å². The minimum absolute atomic E-state index is 0. The summed E-state index contributed by atoms with van der Waals surface area (Å²) >= 11 is 0. The number of rotatable bonds is 1. The molecule has 4 heteroatoms. The predicted molar refractivity (Wildman–Crippen MR) is 63.0 cm³/mol. The molecule has 2 heterocycles. The van der Waals surface area contributed by atoms with Gasteiger partial charge in [0.2, 0.25) is 0 Å². The number of hydrogen-bond acceptors (Lipinski definition) is 2. The van der Waals surface area contributed by atoms with Crippen molar-refractivity contribution in [3.05, 3.63) is 52.6 Å². The Morgan fingerprint density at radius 3 is 2.76 bits per heavy atom. The van der Waals surface area contributed by atoms with E-state index in [0.29, 0.717) is 12.6 Å². The van der Waals surface area contributed by atoms with Gasteiger partial charge in [0.1, 0.15) is 0 Å². The van der Waals surface area contributed by atoms with Crippen molar-refractivity contribution in [3.8, 4) is 11.4 Å². The summed E-state index contributed by atoms with van der Waals surface area (Å²) in [6.45, 7) is 3.44. The smallest absolute Gasteiger partial charge is 0.159 e. The van der Waals surface area contributed by atoms with E-state index >= 15 is 0 Å². The SMILES string of the molecule is [2H]c1ccc(-c2nc(C)c3c(n2)C[N-]C3)cc1.[W]. The fourth-order valence-electron chi connectivity index (χ4n) is 1.93. The van der Waals surface area contributed by atoms with Gasteiger partial charge >= 0.3 is 0 Å². The molecular weight excluding hydrogens is 382 g/mol. The van der Waals surface area contributed by atoms with Crippen LogP contribution in [0.2, 0.25) is 0 Å². The monoisotopic (exact) mass is 395 g/mol. The second-order valence-corrected chi connectivity index (χ2v) is 3.89. The molecule has 0 bridgehead atoms. The molecule has 0 radical (unpaired) electrons. The first-order chi connectivity index (χ1) is 8.24. The average Bonchev–Trinajstić information content (AvgIpc) is 2.78. The maximum atomic E-state index is 7.46. The molecule has 1 aliphatic heterocycles. The van der Waals surface area contributed by atoms with Crippen LogP contribution in [0.3, 0.4) is 0 Å². The van der Waals surface area contributed by atoms with Crippen LogP contribution in [-0.2, 0) is 34.2 Å². The number of nitrogens with zero attached hydrogens (tertiary/aromatic N) is 3. The maximum Gasteiger partial charge on any atom is 0.159 e. The summed E-state index contributed by atoms with van der Waals surface area (Å²) in [5, 5.41) is 4.33. The number of hydrogen-bond donors (Lipinski definition) is 0. The van der Waals surface area contributed by atoms with E-state index < -0.39 is 0 Å². The second kappa shape index (κ2) is 5.07. The van der Waals surface area contributed by atoms with Crippen molar-refractivity contribution in [1.29, 1.82) is 0 Å². The molecule has 2 aromatic rings. The Hall–Kier alpha value is -1.05. The van der Waals surface area contributed by atoms with Crippen LogP contribution in [0.15, 0.2) is 30.3 Å². The van der Waals surface area contributed by atoms with Gasteiger partial charge in [-0.2, -0.15) is 0 Å². The number of aryl methyl sites for hydroxylation is 1. The normalized spacial score (nSPS) is 13.8. The van der Waals surface area contributed by atoms with E-state index in [-0.39, 0.29) is 21.1 Å². The van der Waals surface area contributed by atoms with Crippen molar-refractivity contribution in [2.24, 2.45) is 0 Å². The zero-order valence-electron chi connectivity index (χ0n) is 10.5. The molecule has 0 saturated carbocycles. The van der Waals surface area contributed by atoms with E-state index in [2.05, 4.69) is 15.3 Å². The van der Waals surface area contributed by atoms with Crippen molar-refractivity contribution in [3.63, 3.8) is 0 Å². The molecule has 3 rings (SSSR count). The van der Waals surface area contributed by atoms with E-state index in [1.807, 2.05) is 19.1 Å². The zero-order valence-corrected chi connectivity index (χ0v) is 12.4. The molecule has 1 aromatic heterocycles. The Morgan fingerprint density at radius 2 is 2.00 bits per heavy atom. The molecule has 0 amide bonds. The van der Waals surface area contributed by atoms with Gasteiger partial charge in [-0.3, -0.25) is 0 Å². The van der Waals surface area contributed by atoms with Crippen molar-refractivity contribution in [1.82, 2.24) is 9.97 Å². The quantitative estimate of drug-likeness (QED) is 0.746. The zero-order chi connectivity index (χ0) is 11.8. The van der Waals surface area contributed by atoms with E-state index in [1.165, 1.54) is 5.56 Å². The molecular formula is C13H12N3W-. The van der Waals surface area contributed by atoms with Gasteiger partial charge in [0.25, 0.3) is 0 Å². The summed E-state index contributed by atoms with van der Waals surface area (Å²) in [5.74, 6) is 0.735. The van der Waals surface area contributed by atoms with Crippen LogP contribution in [0.4, 0.5) is 0 Å². The van der Waals surface area contributed by atoms with E-state index in [4.69, 9.17) is 1.37 Å². The summed E-state index contributed by atoms with van der Waals surface area (Å²) < 4.78 is 7.46. The predicted octanol–water partition coefficient (Wildman–Crippen LogP) is 2.84. The fraction of sp³-hybridized carbons (Fsp3) is 0.231. The molecule has 0 unspecified atom stereocenters. The van der Waals surface area contributed by atoms with Crippen LogP contribution in [0.25, 0.3) is 16.7 Å². The maximum absolute atomic E-state index is 7.46. The van der Waals surface area contributed by atoms with Crippen molar-refractivity contribution in [2.75, 3.05) is 0 Å². The Labute approximate surface area is 116 Å². The molecule has 0 saturated heterocycles. The van der Waals surface area contributed by atoms with Gasteiger partial charge in [-0.15, -0.1) is 13.1 Å². The van der Waals surface area contributed by atoms with Gasteiger partial charge in [-0.05, 0) is 12.5 Å². The minimum Gasteiger partial charge on any atom is -0.653 e. The molecule has 0 fully saturated rings. The molecule has 17 heavy (non-hydrogen) atoms. The average molecular weight is 395 g/mol. The largest absolute Gasteiger partial charge is 0.653 e. The van der Waals surface area contributed by atoms with Crippen LogP contribution >= 0.6 is 0 Å². The summed E-state index contributed by atoms with van der Waals surface area (Å²) in [7, 11) is 0. The summed E-state index contributed by atoms with van der Waals surface area (Å²) in [4.78, 5) is 9.06. The molecule has 1 aliphatic rings. The fourth-order valence-corrected chi connectivity index (χ4v) is 1.93. The number of aromatic nitrogens is 2. The van der Waals surface area contributed by atoms with Crippen molar-refractivity contribution < 1.29 is 22.4 Å². The van der Waals surface area contributed by atoms with Crippen molar-refractivity contribution in [2.45, 2.75) is 20.0 Å². The number of benzene rings is 1. The molecule has 3 nitrogen and oxygen atoms in total. The van der Waals surface area contributed by atoms with E-state index in [9.17, 15) is 0 Å². The van der Waals surface area contributed by atoms with Crippen LogP contribution in [0.5, 0.6) is 0 Å². The number of fused-ring (bicyclic) bond motifs is 1. The van der Waals surface area contributed by atoms with E-state index in [1.54, 1.807) is 12.1 Å². The third kappa shape index (κ3) is 2.31. The Kier molecular flexibility index (Phi) is 3.30. The second-order valence-electron chi connectivity index (χ2n) is 3.89. The van der Waals surface area contributed by atoms with Gasteiger partial charge in [0.05, 0.1) is 1.37 Å². The van der Waals surface area contributed by atoms with Crippen LogP contribution in [0, 0.1) is 6.92 Å². The topological polar surface area (TPSA) is 39.9 Å². The van der Waals surface area contributed by atoms with Gasteiger partial charge in [0.15, 0.2) is 5.82 Å². The Balaban J connectivity index is 0.00000120. The molecule has 0 spiro atoms. The third-order valence-electron chi connectivity index (χ3n) is 2.81. The summed E-state index contributed by atoms with van der Waals surface area (Å²) in [5.41, 5.74) is 4.19.